The van der Waals surface area contributed by atoms with Crippen LogP contribution in [0.4, 0.5) is 0 Å². The lowest BCUT2D eigenvalue weighted by molar-refractivity contribution is 0.0997. The van der Waals surface area contributed by atoms with E-state index in [0.717, 1.165) is 17.2 Å². The maximum Gasteiger partial charge on any atom is 0.252 e. The van der Waals surface area contributed by atoms with Crippen molar-refractivity contribution < 1.29 is 23.4 Å². The molecule has 3 rings (SSSR count). The molecule has 0 saturated heterocycles. The Morgan fingerprint density at radius 2 is 1.88 bits per heavy atom. The molecule has 1 heterocycles. The molecule has 0 saturated carbocycles. The van der Waals surface area contributed by atoms with Gasteiger partial charge in [-0.3, -0.25) is 9.78 Å². The highest BCUT2D eigenvalue weighted by molar-refractivity contribution is 7.91. The van der Waals surface area contributed by atoms with E-state index in [1.807, 2.05) is 0 Å². The number of aryl methyl sites for hydroxylation is 1. The van der Waals surface area contributed by atoms with Crippen molar-refractivity contribution in [2.75, 3.05) is 13.1 Å². The van der Waals surface area contributed by atoms with E-state index in [1.54, 1.807) is 36.7 Å². The van der Waals surface area contributed by atoms with Gasteiger partial charge >= 0.3 is 0 Å². The number of aromatic nitrogens is 1. The van der Waals surface area contributed by atoms with Gasteiger partial charge < -0.3 is 21.3 Å². The first-order valence-electron chi connectivity index (χ1n) is 9.96. The monoisotopic (exact) mass is 455 g/mol. The molecule has 0 fully saturated rings. The van der Waals surface area contributed by atoms with Crippen LogP contribution in [0, 0.1) is 6.92 Å². The average molecular weight is 456 g/mol. The first kappa shape index (κ1) is 23.4. The first-order valence-corrected chi connectivity index (χ1v) is 11.4. The number of sulfone groups is 1. The second kappa shape index (κ2) is 9.90. The van der Waals surface area contributed by atoms with Gasteiger partial charge in [0, 0.05) is 24.5 Å². The summed E-state index contributed by atoms with van der Waals surface area (Å²) >= 11 is 0. The summed E-state index contributed by atoms with van der Waals surface area (Å²) < 4.78 is 25.9. The van der Waals surface area contributed by atoms with E-state index >= 15 is 0 Å². The van der Waals surface area contributed by atoms with Crippen molar-refractivity contribution in [1.29, 1.82) is 0 Å². The van der Waals surface area contributed by atoms with Crippen LogP contribution in [-0.2, 0) is 16.3 Å². The first-order chi connectivity index (χ1) is 15.2. The number of carbonyl (C=O) groups is 1. The van der Waals surface area contributed by atoms with Crippen molar-refractivity contribution in [2.24, 2.45) is 5.73 Å². The van der Waals surface area contributed by atoms with Crippen molar-refractivity contribution in [3.63, 3.8) is 0 Å². The Morgan fingerprint density at radius 1 is 1.16 bits per heavy atom. The van der Waals surface area contributed by atoms with Gasteiger partial charge in [0.1, 0.15) is 5.75 Å². The Hall–Kier alpha value is -3.27. The minimum atomic E-state index is -3.89. The summed E-state index contributed by atoms with van der Waals surface area (Å²) in [7, 11) is -3.89. The highest BCUT2D eigenvalue weighted by Crippen LogP contribution is 2.29. The Labute approximate surface area is 186 Å². The van der Waals surface area contributed by atoms with Crippen LogP contribution in [0.5, 0.6) is 5.75 Å². The molecule has 168 valence electrons. The van der Waals surface area contributed by atoms with E-state index in [2.05, 4.69) is 10.3 Å². The second-order valence-electron chi connectivity index (χ2n) is 7.40. The molecule has 0 radical (unpaired) electrons. The molecule has 3 aromatic rings. The number of nitrogens with one attached hydrogen (secondary N) is 1. The lowest BCUT2D eigenvalue weighted by Gasteiger charge is -2.12. The molecule has 1 amide bonds. The van der Waals surface area contributed by atoms with Gasteiger partial charge in [0.2, 0.25) is 9.84 Å². The molecule has 32 heavy (non-hydrogen) atoms. The molecule has 0 unspecified atom stereocenters. The topological polar surface area (TPSA) is 143 Å². The number of phenols is 1. The van der Waals surface area contributed by atoms with Crippen molar-refractivity contribution in [1.82, 2.24) is 10.3 Å². The standard InChI is InChI=1S/C23H25N3O5S/c1-15-11-19(12-20(22(15)28)23(24)29)32(30,31)18-6-4-16(5-7-18)8-10-26-14-21(27)17-3-2-9-25-13-17/h2-7,9,11-13,21,26-28H,8,10,14H2,1H3,(H2,24,29)/t21-/m1/s1. The Morgan fingerprint density at radius 3 is 2.50 bits per heavy atom. The zero-order valence-corrected chi connectivity index (χ0v) is 18.3. The number of rotatable bonds is 9. The van der Waals surface area contributed by atoms with Gasteiger partial charge in [-0.1, -0.05) is 18.2 Å². The van der Waals surface area contributed by atoms with Crippen LogP contribution in [0.3, 0.4) is 0 Å². The van der Waals surface area contributed by atoms with E-state index < -0.39 is 21.8 Å². The quantitative estimate of drug-likeness (QED) is 0.361. The number of nitrogens with zero attached hydrogens (tertiary/aromatic N) is 1. The third-order valence-electron chi connectivity index (χ3n) is 5.08. The van der Waals surface area contributed by atoms with Gasteiger partial charge in [-0.2, -0.15) is 0 Å². The highest BCUT2D eigenvalue weighted by atomic mass is 32.2. The van der Waals surface area contributed by atoms with Gasteiger partial charge in [0.05, 0.1) is 21.5 Å². The number of aliphatic hydroxyl groups excluding tert-OH is 1. The Kier molecular flexibility index (Phi) is 7.24. The van der Waals surface area contributed by atoms with Crippen LogP contribution in [0.1, 0.15) is 33.2 Å². The zero-order valence-electron chi connectivity index (χ0n) is 17.5. The molecule has 8 nitrogen and oxygen atoms in total. The number of amides is 1. The fourth-order valence-electron chi connectivity index (χ4n) is 3.22. The van der Waals surface area contributed by atoms with Crippen molar-refractivity contribution in [3.8, 4) is 5.75 Å². The molecule has 5 N–H and O–H groups in total. The maximum absolute atomic E-state index is 13.0. The molecule has 0 spiro atoms. The third-order valence-corrected chi connectivity index (χ3v) is 6.83. The SMILES string of the molecule is Cc1cc(S(=O)(=O)c2ccc(CCNC[C@@H](O)c3cccnc3)cc2)cc(C(N)=O)c1O. The van der Waals surface area contributed by atoms with Crippen LogP contribution in [0.15, 0.2) is 70.7 Å². The number of nitrogens with two attached hydrogens (primary N) is 1. The fourth-order valence-corrected chi connectivity index (χ4v) is 4.59. The van der Waals surface area contributed by atoms with E-state index in [-0.39, 0.29) is 26.7 Å². The van der Waals surface area contributed by atoms with Gasteiger partial charge in [0.15, 0.2) is 0 Å². The molecule has 0 bridgehead atoms. The van der Waals surface area contributed by atoms with Crippen molar-refractivity contribution in [2.45, 2.75) is 29.2 Å². The molecule has 0 aliphatic rings. The number of pyridine rings is 1. The van der Waals surface area contributed by atoms with Crippen LogP contribution in [0.2, 0.25) is 0 Å². The summed E-state index contributed by atoms with van der Waals surface area (Å²) in [6.45, 7) is 2.48. The van der Waals surface area contributed by atoms with E-state index in [1.165, 1.54) is 25.1 Å². The van der Waals surface area contributed by atoms with Crippen LogP contribution < -0.4 is 11.1 Å². The van der Waals surface area contributed by atoms with Gasteiger partial charge in [-0.05, 0) is 61.3 Å². The van der Waals surface area contributed by atoms with Crippen molar-refractivity contribution in [3.05, 3.63) is 83.2 Å². The molecule has 2 aromatic carbocycles. The average Bonchev–Trinajstić information content (AvgIpc) is 2.79. The number of primary amides is 1. The van der Waals surface area contributed by atoms with Crippen LogP contribution in [-0.4, -0.2) is 42.6 Å². The Bertz CT molecular complexity index is 1200. The number of aliphatic hydroxyl groups is 1. The van der Waals surface area contributed by atoms with Gasteiger partial charge in [0.25, 0.3) is 5.91 Å². The lowest BCUT2D eigenvalue weighted by atomic mass is 10.1. The summed E-state index contributed by atoms with van der Waals surface area (Å²) in [5.41, 5.74) is 6.91. The largest absolute Gasteiger partial charge is 0.507 e. The maximum atomic E-state index is 13.0. The summed E-state index contributed by atoms with van der Waals surface area (Å²) in [6, 6.07) is 12.4. The Balaban J connectivity index is 1.64. The number of benzene rings is 2. The van der Waals surface area contributed by atoms with Gasteiger partial charge in [-0.25, -0.2) is 8.42 Å². The zero-order chi connectivity index (χ0) is 23.3. The summed E-state index contributed by atoms with van der Waals surface area (Å²) in [5.74, 6) is -1.23. The van der Waals surface area contributed by atoms with E-state index in [0.29, 0.717) is 19.5 Å². The predicted molar refractivity (Wildman–Crippen MR) is 119 cm³/mol. The normalized spacial score (nSPS) is 12.4. The number of aromatic hydroxyl groups is 1. The fraction of sp³-hybridized carbons (Fsp3) is 0.217. The predicted octanol–water partition coefficient (Wildman–Crippen LogP) is 1.89. The number of hydrogen-bond donors (Lipinski definition) is 4. The minimum Gasteiger partial charge on any atom is -0.507 e. The highest BCUT2D eigenvalue weighted by Gasteiger charge is 2.22. The van der Waals surface area contributed by atoms with Gasteiger partial charge in [-0.15, -0.1) is 0 Å². The molecule has 0 aliphatic carbocycles. The number of hydrogen-bond acceptors (Lipinski definition) is 7. The summed E-state index contributed by atoms with van der Waals surface area (Å²) in [4.78, 5) is 15.5. The van der Waals surface area contributed by atoms with Crippen LogP contribution in [0.25, 0.3) is 0 Å². The third kappa shape index (κ3) is 5.31. The molecule has 0 aliphatic heterocycles. The number of carbonyl (C=O) groups excluding carboxylic acids is 1. The molecular weight excluding hydrogens is 430 g/mol. The van der Waals surface area contributed by atoms with E-state index in [4.69, 9.17) is 5.73 Å². The molecule has 1 aromatic heterocycles. The van der Waals surface area contributed by atoms with E-state index in [9.17, 15) is 23.4 Å². The smallest absolute Gasteiger partial charge is 0.252 e. The van der Waals surface area contributed by atoms with Crippen molar-refractivity contribution >= 4 is 15.7 Å². The summed E-state index contributed by atoms with van der Waals surface area (Å²) in [6.07, 6.45) is 3.25. The molecule has 9 heteroatoms. The minimum absolute atomic E-state index is 0.0710. The molecular formula is C23H25N3O5S. The molecule has 1 atom stereocenters. The lowest BCUT2D eigenvalue weighted by Crippen LogP contribution is -2.23. The summed E-state index contributed by atoms with van der Waals surface area (Å²) in [5, 5.41) is 23.2. The second-order valence-corrected chi connectivity index (χ2v) is 9.35. The van der Waals surface area contributed by atoms with Crippen LogP contribution >= 0.6 is 0 Å².